The van der Waals surface area contributed by atoms with Crippen molar-refractivity contribution in [3.63, 3.8) is 0 Å². The summed E-state index contributed by atoms with van der Waals surface area (Å²) in [6, 6.07) is 21.3. The van der Waals surface area contributed by atoms with Gasteiger partial charge >= 0.3 is 0 Å². The third-order valence-electron chi connectivity index (χ3n) is 10.4. The van der Waals surface area contributed by atoms with Crippen LogP contribution in [0.2, 0.25) is 0 Å². The number of hydrogen-bond acceptors (Lipinski definition) is 31. The van der Waals surface area contributed by atoms with Gasteiger partial charge in [0.05, 0.1) is 72.1 Å². The molecule has 0 aliphatic carbocycles. The molecule has 0 saturated carbocycles. The summed E-state index contributed by atoms with van der Waals surface area (Å²) in [4.78, 5) is 6.91. The molecule has 0 bridgehead atoms. The van der Waals surface area contributed by atoms with Gasteiger partial charge in [-0.25, -0.2) is 27.4 Å². The van der Waals surface area contributed by atoms with E-state index in [0.29, 0.717) is 6.07 Å². The Morgan fingerprint density at radius 2 is 1.14 bits per heavy atom. The maximum absolute atomic E-state index is 13.4. The van der Waals surface area contributed by atoms with Gasteiger partial charge in [-0.2, -0.15) is 32.2 Å². The highest BCUT2D eigenvalue weighted by molar-refractivity contribution is 7.94. The summed E-state index contributed by atoms with van der Waals surface area (Å²) in [5.41, 5.74) is 3.11. The van der Waals surface area contributed by atoms with Gasteiger partial charge in [-0.1, -0.05) is 10.1 Å². The van der Waals surface area contributed by atoms with Crippen LogP contribution in [0.15, 0.2) is 181 Å². The second-order valence-corrected chi connectivity index (χ2v) is 23.3. The van der Waals surface area contributed by atoms with Crippen LogP contribution in [-0.2, 0) is 63.0 Å². The van der Waals surface area contributed by atoms with Crippen LogP contribution in [-0.4, -0.2) is 85.9 Å². The number of nitrogen functional groups attached to an aromatic ring is 1. The number of rotatable bonds is 24. The fourth-order valence-electron chi connectivity index (χ4n) is 6.64. The molecule has 0 radical (unpaired) electrons. The van der Waals surface area contributed by atoms with E-state index in [9.17, 15) is 68.2 Å². The van der Waals surface area contributed by atoms with Crippen LogP contribution in [0.1, 0.15) is 0 Å². The standard InChI is InChI=1S/C42H33N11O22S6/c43-37-36-22(19-33(76-74-72-59)39(42(36)56)50-47-30-14-13-29(21-34(30)80(65,66)67)78(61,62)18-17-71-77-75-73-60)20-35(81(68,69)70)40(37)51-46-25-7-11-28(12-8-25)79(63,64)52-26-3-1-23(2-4-26)44-48-31-15-16-32(54)38(41(31)55)49-45-24-5-9-27(10-6-24)53(57)58/h1-16,19-21,52,54-56,59-60H,17-18,43H2,(H,65,66,67)(H,68,69,70)/b48-44+,49-45?,50-47+,51-46+. The molecule has 39 heteroatoms. The van der Waals surface area contributed by atoms with E-state index >= 15 is 0 Å². The Hall–Kier alpha value is -8.26. The molecule has 10 N–H and O–H groups in total. The highest BCUT2D eigenvalue weighted by Gasteiger charge is 2.27. The van der Waals surface area contributed by atoms with Crippen molar-refractivity contribution in [3.8, 4) is 17.2 Å². The van der Waals surface area contributed by atoms with Crippen LogP contribution < -0.4 is 10.5 Å². The van der Waals surface area contributed by atoms with Crippen LogP contribution >= 0.6 is 24.4 Å². The van der Waals surface area contributed by atoms with E-state index in [1.165, 1.54) is 54.6 Å². The molecule has 7 aromatic rings. The number of nitrogens with one attached hydrogen (secondary N) is 1. The molecular weight excluding hydrogens is 1200 g/mol. The van der Waals surface area contributed by atoms with Crippen molar-refractivity contribution in [1.29, 1.82) is 0 Å². The van der Waals surface area contributed by atoms with Gasteiger partial charge in [0.25, 0.3) is 35.9 Å². The van der Waals surface area contributed by atoms with E-state index in [1.807, 2.05) is 0 Å². The zero-order valence-electron chi connectivity index (χ0n) is 39.7. The summed E-state index contributed by atoms with van der Waals surface area (Å²) in [7, 11) is -19.1. The summed E-state index contributed by atoms with van der Waals surface area (Å²) in [5, 5.41) is 97.7. The van der Waals surface area contributed by atoms with Crippen molar-refractivity contribution in [3.05, 3.63) is 125 Å². The first-order chi connectivity index (χ1) is 38.3. The summed E-state index contributed by atoms with van der Waals surface area (Å²) in [6.45, 7) is -0.563. The number of benzene rings is 7. The molecule has 0 spiro atoms. The Morgan fingerprint density at radius 3 is 1.74 bits per heavy atom. The van der Waals surface area contributed by atoms with E-state index in [4.69, 9.17) is 20.4 Å². The first-order valence-corrected chi connectivity index (χ1v) is 28.8. The van der Waals surface area contributed by atoms with Crippen molar-refractivity contribution < 1.29 is 96.5 Å². The number of sulfonamides is 1. The van der Waals surface area contributed by atoms with Crippen molar-refractivity contribution in [2.45, 2.75) is 24.5 Å². The molecule has 0 aliphatic heterocycles. The normalized spacial score (nSPS) is 12.6. The molecule has 0 aliphatic rings. The number of phenolic OH excluding ortho intramolecular Hbond substituents is 3. The molecule has 33 nitrogen and oxygen atoms in total. The smallest absolute Gasteiger partial charge is 0.296 e. The molecular formula is C42H33N11O22S6. The molecule has 0 unspecified atom stereocenters. The summed E-state index contributed by atoms with van der Waals surface area (Å²) in [6.07, 6.45) is 0. The predicted octanol–water partition coefficient (Wildman–Crippen LogP) is 10.6. The number of nitro benzene ring substituents is 1. The summed E-state index contributed by atoms with van der Waals surface area (Å²) in [5.74, 6) is -2.81. The van der Waals surface area contributed by atoms with Gasteiger partial charge < -0.3 is 21.1 Å². The molecule has 7 rings (SSSR count). The lowest BCUT2D eigenvalue weighted by molar-refractivity contribution is -0.434. The van der Waals surface area contributed by atoms with Crippen LogP contribution in [0.5, 0.6) is 17.2 Å². The Labute approximate surface area is 462 Å². The lowest BCUT2D eigenvalue weighted by Crippen LogP contribution is -2.12. The number of phenols is 3. The number of azo groups is 4. The Morgan fingerprint density at radius 1 is 0.593 bits per heavy atom. The maximum atomic E-state index is 13.4. The summed E-state index contributed by atoms with van der Waals surface area (Å²) < 4.78 is 139. The predicted molar refractivity (Wildman–Crippen MR) is 280 cm³/mol. The van der Waals surface area contributed by atoms with Gasteiger partial charge in [-0.05, 0) is 109 Å². The quantitative estimate of drug-likeness (QED) is 0.00397. The minimum atomic E-state index is -5.27. The number of fused-ring (bicyclic) bond motifs is 1. The fourth-order valence-corrected chi connectivity index (χ4v) is 11.0. The van der Waals surface area contributed by atoms with Crippen molar-refractivity contribution >= 4 is 138 Å². The van der Waals surface area contributed by atoms with E-state index in [2.05, 4.69) is 64.4 Å². The number of aromatic hydroxyl groups is 3. The van der Waals surface area contributed by atoms with E-state index < -0.39 is 117 Å². The highest BCUT2D eigenvalue weighted by atomic mass is 32.2. The lowest BCUT2D eigenvalue weighted by atomic mass is 10.1. The third kappa shape index (κ3) is 15.0. The molecule has 424 valence electrons. The molecule has 0 fully saturated rings. The molecule has 0 heterocycles. The zero-order valence-corrected chi connectivity index (χ0v) is 44.6. The van der Waals surface area contributed by atoms with Crippen molar-refractivity contribution in [2.75, 3.05) is 22.8 Å². The number of nitro groups is 1. The van der Waals surface area contributed by atoms with Gasteiger partial charge in [0, 0.05) is 17.8 Å². The molecule has 7 aromatic carbocycles. The van der Waals surface area contributed by atoms with Crippen LogP contribution in [0, 0.1) is 10.1 Å². The van der Waals surface area contributed by atoms with Crippen LogP contribution in [0.4, 0.5) is 62.6 Å². The Bertz CT molecular complexity index is 4140. The van der Waals surface area contributed by atoms with E-state index in [1.54, 1.807) is 0 Å². The second kappa shape index (κ2) is 25.5. The number of non-ortho nitro benzene ring substituents is 1. The van der Waals surface area contributed by atoms with Gasteiger partial charge in [0.15, 0.2) is 39.3 Å². The fraction of sp³-hybridized carbons (Fsp3) is 0.0476. The van der Waals surface area contributed by atoms with Crippen molar-refractivity contribution in [1.82, 2.24) is 0 Å². The van der Waals surface area contributed by atoms with Crippen LogP contribution in [0.3, 0.4) is 0 Å². The first kappa shape index (κ1) is 60.4. The van der Waals surface area contributed by atoms with E-state index in [-0.39, 0.29) is 79.4 Å². The van der Waals surface area contributed by atoms with Crippen LogP contribution in [0.25, 0.3) is 10.8 Å². The SMILES string of the molecule is Nc1c(/N=N/c2ccc(S(=O)(=O)Nc3ccc(/N=N/c4ccc(O)c(N=Nc5ccc([N+](=O)[O-])cc5)c4O)cc3)cc2)c(S(=O)(=O)O)cc2cc(SOOO)c(/N=N/c3ccc(S(=O)(=O)CCOSOOO)cc3S(=O)(=O)O)c(O)c12. The minimum Gasteiger partial charge on any atom is -0.505 e. The number of nitrogens with two attached hydrogens (primary N) is 1. The number of anilines is 2. The third-order valence-corrected chi connectivity index (χ3v) is 16.2. The van der Waals surface area contributed by atoms with Gasteiger partial charge in [0.1, 0.15) is 38.3 Å². The first-order valence-electron chi connectivity index (χ1n) is 21.4. The Kier molecular flexibility index (Phi) is 19.0. The molecule has 0 aromatic heterocycles. The lowest BCUT2D eigenvalue weighted by Gasteiger charge is -2.14. The largest absolute Gasteiger partial charge is 0.505 e. The molecule has 0 amide bonds. The minimum absolute atomic E-state index is 0.0590. The molecule has 81 heavy (non-hydrogen) atoms. The molecule has 0 atom stereocenters. The van der Waals surface area contributed by atoms with Crippen molar-refractivity contribution in [2.24, 2.45) is 40.9 Å². The highest BCUT2D eigenvalue weighted by Crippen LogP contribution is 2.50. The number of hydrogen-bond donors (Lipinski definition) is 9. The van der Waals surface area contributed by atoms with E-state index in [0.717, 1.165) is 54.6 Å². The average molecular weight is 1240 g/mol. The Balaban J connectivity index is 1.11. The monoisotopic (exact) mass is 1240 g/mol. The topological polar surface area (TPSA) is 504 Å². The number of sulfone groups is 1. The van der Waals surface area contributed by atoms with Gasteiger partial charge in [-0.15, -0.1) is 34.2 Å². The zero-order chi connectivity index (χ0) is 58.9. The maximum Gasteiger partial charge on any atom is 0.296 e. The number of nitrogens with zero attached hydrogens (tertiary/aromatic N) is 9. The average Bonchev–Trinajstić information content (AvgIpc) is 3.50. The second-order valence-electron chi connectivity index (χ2n) is 15.5. The molecule has 0 saturated heterocycles. The van der Waals surface area contributed by atoms with Gasteiger partial charge in [-0.3, -0.25) is 28.1 Å². The van der Waals surface area contributed by atoms with Gasteiger partial charge in [0.2, 0.25) is 0 Å². The summed E-state index contributed by atoms with van der Waals surface area (Å²) >= 11 is 0.195.